The monoisotopic (exact) mass is 202 g/mol. The molecule has 0 saturated carbocycles. The van der Waals surface area contributed by atoms with Gasteiger partial charge in [-0.2, -0.15) is 0 Å². The number of Topliss-reactive ketones (excluding diaryl/α,β-unsaturated/α-hetero) is 1. The second-order valence-electron chi connectivity index (χ2n) is 3.99. The van der Waals surface area contributed by atoms with Crippen LogP contribution in [0, 0.1) is 0 Å². The maximum atomic E-state index is 12.8. The molecule has 0 aliphatic carbocycles. The molecule has 0 heterocycles. The average Bonchev–Trinajstić information content (AvgIpc) is 2.16. The maximum Gasteiger partial charge on any atom is 0.163 e. The summed E-state index contributed by atoms with van der Waals surface area (Å²) in [5.74, 6) is -0.323. The summed E-state index contributed by atoms with van der Waals surface area (Å²) in [5.41, 5.74) is 0. The highest BCUT2D eigenvalue weighted by atomic mass is 19.1. The number of hydrogen-bond donors (Lipinski definition) is 0. The van der Waals surface area contributed by atoms with Gasteiger partial charge in [-0.3, -0.25) is 4.79 Å². The molecule has 0 aliphatic heterocycles. The quantitative estimate of drug-likeness (QED) is 0.515. The average molecular weight is 202 g/mol. The minimum atomic E-state index is -1.22. The molecule has 1 nitrogen and oxygen atoms in total. The highest BCUT2D eigenvalue weighted by Gasteiger charge is 2.10. The van der Waals surface area contributed by atoms with Crippen molar-refractivity contribution in [3.05, 3.63) is 0 Å². The molecule has 84 valence electrons. The van der Waals surface area contributed by atoms with Gasteiger partial charge in [-0.25, -0.2) is 4.39 Å². The van der Waals surface area contributed by atoms with E-state index in [0.29, 0.717) is 6.42 Å². The van der Waals surface area contributed by atoms with Crippen LogP contribution in [0.5, 0.6) is 0 Å². The van der Waals surface area contributed by atoms with E-state index in [9.17, 15) is 9.18 Å². The van der Waals surface area contributed by atoms with Gasteiger partial charge in [0.25, 0.3) is 0 Å². The van der Waals surface area contributed by atoms with Gasteiger partial charge in [-0.05, 0) is 13.3 Å². The summed E-state index contributed by atoms with van der Waals surface area (Å²) in [6, 6.07) is 0. The van der Waals surface area contributed by atoms with Crippen LogP contribution < -0.4 is 0 Å². The van der Waals surface area contributed by atoms with Gasteiger partial charge in [0.1, 0.15) is 0 Å². The summed E-state index contributed by atoms with van der Waals surface area (Å²) in [6.07, 6.45) is 7.42. The number of carbonyl (C=O) groups excluding carboxylic acids is 1. The summed E-state index contributed by atoms with van der Waals surface area (Å²) in [6.45, 7) is 3.52. The third kappa shape index (κ3) is 8.21. The van der Waals surface area contributed by atoms with E-state index in [4.69, 9.17) is 0 Å². The molecular weight excluding hydrogens is 179 g/mol. The molecule has 1 unspecified atom stereocenters. The first-order valence-electron chi connectivity index (χ1n) is 5.83. The van der Waals surface area contributed by atoms with Crippen molar-refractivity contribution in [3.8, 4) is 0 Å². The highest BCUT2D eigenvalue weighted by molar-refractivity contribution is 5.80. The van der Waals surface area contributed by atoms with Gasteiger partial charge in [0.2, 0.25) is 0 Å². The van der Waals surface area contributed by atoms with Gasteiger partial charge >= 0.3 is 0 Å². The van der Waals surface area contributed by atoms with Gasteiger partial charge in [0.05, 0.1) is 0 Å². The summed E-state index contributed by atoms with van der Waals surface area (Å²) in [7, 11) is 0. The van der Waals surface area contributed by atoms with E-state index >= 15 is 0 Å². The Morgan fingerprint density at radius 3 is 2.07 bits per heavy atom. The molecular formula is C12H23FO. The second-order valence-corrected chi connectivity index (χ2v) is 3.99. The number of ketones is 1. The Bertz CT molecular complexity index is 145. The molecule has 0 aromatic rings. The molecule has 0 aromatic carbocycles. The molecule has 0 aromatic heterocycles. The minimum absolute atomic E-state index is 0.323. The zero-order valence-electron chi connectivity index (χ0n) is 9.52. The fraction of sp³-hybridized carbons (Fsp3) is 0.917. The van der Waals surface area contributed by atoms with Crippen LogP contribution in [0.15, 0.2) is 0 Å². The smallest absolute Gasteiger partial charge is 0.163 e. The Labute approximate surface area is 87.1 Å². The van der Waals surface area contributed by atoms with Gasteiger partial charge in [-0.15, -0.1) is 0 Å². The van der Waals surface area contributed by atoms with Crippen molar-refractivity contribution in [1.29, 1.82) is 0 Å². The molecule has 0 saturated heterocycles. The van der Waals surface area contributed by atoms with Crippen LogP contribution in [0.3, 0.4) is 0 Å². The van der Waals surface area contributed by atoms with E-state index < -0.39 is 6.17 Å². The summed E-state index contributed by atoms with van der Waals surface area (Å²) < 4.78 is 12.8. The normalized spacial score (nSPS) is 12.8. The largest absolute Gasteiger partial charge is 0.297 e. The molecule has 0 N–H and O–H groups in total. The van der Waals surface area contributed by atoms with Crippen LogP contribution in [-0.2, 0) is 4.79 Å². The first-order valence-corrected chi connectivity index (χ1v) is 5.83. The van der Waals surface area contributed by atoms with Crippen molar-refractivity contribution in [2.45, 2.75) is 71.4 Å². The first-order chi connectivity index (χ1) is 6.68. The molecule has 0 spiro atoms. The van der Waals surface area contributed by atoms with E-state index in [1.807, 2.05) is 0 Å². The third-order valence-electron chi connectivity index (χ3n) is 2.50. The van der Waals surface area contributed by atoms with Crippen LogP contribution in [0.1, 0.15) is 65.2 Å². The van der Waals surface area contributed by atoms with Crippen LogP contribution in [0.4, 0.5) is 4.39 Å². The number of alkyl halides is 1. The lowest BCUT2D eigenvalue weighted by Crippen LogP contribution is -2.10. The van der Waals surface area contributed by atoms with Gasteiger partial charge < -0.3 is 0 Å². The summed E-state index contributed by atoms with van der Waals surface area (Å²) in [4.78, 5) is 10.6. The van der Waals surface area contributed by atoms with E-state index in [2.05, 4.69) is 6.92 Å². The predicted molar refractivity (Wildman–Crippen MR) is 58.2 cm³/mol. The second kappa shape index (κ2) is 9.17. The predicted octanol–water partition coefficient (Wildman–Crippen LogP) is 4.05. The van der Waals surface area contributed by atoms with Gasteiger partial charge in [0, 0.05) is 0 Å². The first kappa shape index (κ1) is 13.6. The zero-order chi connectivity index (χ0) is 10.8. The van der Waals surface area contributed by atoms with Crippen LogP contribution in [-0.4, -0.2) is 12.0 Å². The maximum absolute atomic E-state index is 12.8. The molecule has 0 aliphatic rings. The van der Waals surface area contributed by atoms with Crippen LogP contribution >= 0.6 is 0 Å². The highest BCUT2D eigenvalue weighted by Crippen LogP contribution is 2.11. The number of unbranched alkanes of at least 4 members (excludes halogenated alkanes) is 6. The SMILES string of the molecule is CCCCCCCCCC(F)C(C)=O. The van der Waals surface area contributed by atoms with Crippen molar-refractivity contribution in [3.63, 3.8) is 0 Å². The molecule has 0 bridgehead atoms. The Morgan fingerprint density at radius 2 is 1.57 bits per heavy atom. The van der Waals surface area contributed by atoms with Crippen molar-refractivity contribution in [1.82, 2.24) is 0 Å². The van der Waals surface area contributed by atoms with Crippen molar-refractivity contribution in [2.75, 3.05) is 0 Å². The Morgan fingerprint density at radius 1 is 1.07 bits per heavy atom. The van der Waals surface area contributed by atoms with Crippen LogP contribution in [0.2, 0.25) is 0 Å². The Balaban J connectivity index is 3.09. The fourth-order valence-corrected chi connectivity index (χ4v) is 1.48. The fourth-order valence-electron chi connectivity index (χ4n) is 1.48. The molecule has 0 fully saturated rings. The molecule has 0 amide bonds. The lowest BCUT2D eigenvalue weighted by atomic mass is 10.1. The van der Waals surface area contributed by atoms with Gasteiger partial charge in [0.15, 0.2) is 12.0 Å². The molecule has 1 atom stereocenters. The zero-order valence-corrected chi connectivity index (χ0v) is 9.52. The molecule has 0 rings (SSSR count). The van der Waals surface area contributed by atoms with Crippen LogP contribution in [0.25, 0.3) is 0 Å². The van der Waals surface area contributed by atoms with E-state index in [1.165, 1.54) is 39.0 Å². The molecule has 14 heavy (non-hydrogen) atoms. The van der Waals surface area contributed by atoms with Gasteiger partial charge in [-0.1, -0.05) is 51.9 Å². The lowest BCUT2D eigenvalue weighted by Gasteiger charge is -2.03. The molecule has 2 heteroatoms. The minimum Gasteiger partial charge on any atom is -0.297 e. The lowest BCUT2D eigenvalue weighted by molar-refractivity contribution is -0.121. The van der Waals surface area contributed by atoms with Crippen molar-refractivity contribution < 1.29 is 9.18 Å². The Kier molecular flexibility index (Phi) is 8.90. The summed E-state index contributed by atoms with van der Waals surface area (Å²) >= 11 is 0. The number of hydrogen-bond acceptors (Lipinski definition) is 1. The number of rotatable bonds is 9. The molecule has 0 radical (unpaired) electrons. The number of carbonyl (C=O) groups is 1. The van der Waals surface area contributed by atoms with E-state index in [1.54, 1.807) is 0 Å². The van der Waals surface area contributed by atoms with E-state index in [-0.39, 0.29) is 5.78 Å². The van der Waals surface area contributed by atoms with Crippen molar-refractivity contribution in [2.24, 2.45) is 0 Å². The number of halogens is 1. The standard InChI is InChI=1S/C12H23FO/c1-3-4-5-6-7-8-9-10-12(13)11(2)14/h12H,3-10H2,1-2H3. The third-order valence-corrected chi connectivity index (χ3v) is 2.50. The topological polar surface area (TPSA) is 17.1 Å². The Hall–Kier alpha value is -0.400. The summed E-state index contributed by atoms with van der Waals surface area (Å²) in [5, 5.41) is 0. The van der Waals surface area contributed by atoms with E-state index in [0.717, 1.165) is 12.8 Å². The van der Waals surface area contributed by atoms with Crippen molar-refractivity contribution >= 4 is 5.78 Å².